The Balaban J connectivity index is 1.83. The number of pyridine rings is 1. The minimum atomic E-state index is -4.54. The molecule has 0 aliphatic heterocycles. The monoisotopic (exact) mass is 391 g/mol. The average molecular weight is 391 g/mol. The molecule has 1 amide bonds. The quantitative estimate of drug-likeness (QED) is 0.534. The number of rotatable bonds is 3. The lowest BCUT2D eigenvalue weighted by atomic mass is 10.2. The Bertz CT molecular complexity index is 1250. The summed E-state index contributed by atoms with van der Waals surface area (Å²) in [5, 5.41) is 9.77. The van der Waals surface area contributed by atoms with Gasteiger partial charge in [0.05, 0.1) is 17.0 Å². The van der Waals surface area contributed by atoms with Crippen molar-refractivity contribution in [3.63, 3.8) is 0 Å². The number of halogens is 3. The van der Waals surface area contributed by atoms with E-state index >= 15 is 0 Å². The van der Waals surface area contributed by atoms with Gasteiger partial charge in [-0.1, -0.05) is 0 Å². The zero-order chi connectivity index (χ0) is 20.1. The van der Waals surface area contributed by atoms with Gasteiger partial charge in [0.15, 0.2) is 5.65 Å². The fourth-order valence-electron chi connectivity index (χ4n) is 2.41. The second-order valence-electron chi connectivity index (χ2n) is 5.53. The third kappa shape index (κ3) is 2.87. The first-order chi connectivity index (χ1) is 13.2. The highest BCUT2D eigenvalue weighted by Crippen LogP contribution is 2.29. The normalized spacial score (nSPS) is 11.8. The van der Waals surface area contributed by atoms with E-state index in [0.29, 0.717) is 6.20 Å². The second-order valence-corrected chi connectivity index (χ2v) is 5.53. The molecule has 0 saturated heterocycles. The maximum absolute atomic E-state index is 12.7. The van der Waals surface area contributed by atoms with E-state index in [9.17, 15) is 22.8 Å². The number of hydrogen-bond acceptors (Lipinski definition) is 7. The largest absolute Gasteiger partial charge is 0.417 e. The van der Waals surface area contributed by atoms with E-state index in [1.165, 1.54) is 6.20 Å². The van der Waals surface area contributed by atoms with Gasteiger partial charge in [0.25, 0.3) is 11.4 Å². The molecule has 4 rings (SSSR count). The number of amides is 1. The number of carbonyl (C=O) groups excluding carboxylic acids is 1. The molecule has 0 fully saturated rings. The highest BCUT2D eigenvalue weighted by atomic mass is 19.4. The van der Waals surface area contributed by atoms with E-state index < -0.39 is 29.1 Å². The van der Waals surface area contributed by atoms with Gasteiger partial charge < -0.3 is 10.2 Å². The third-order valence-electron chi connectivity index (χ3n) is 3.72. The van der Waals surface area contributed by atoms with Crippen molar-refractivity contribution in [2.24, 2.45) is 5.73 Å². The van der Waals surface area contributed by atoms with E-state index in [4.69, 9.17) is 10.2 Å². The van der Waals surface area contributed by atoms with Gasteiger partial charge in [0, 0.05) is 18.5 Å². The standard InChI is InChI=1S/C15H8F3N7O3/c16-15(17,18)6-1-2-8(20-4-6)9-3-10(26)25-12(22-9)7(5-21-25)13-23-24-14(28-13)11(19)27/h1-5,21H,(H2,19,27). The Morgan fingerprint density at radius 1 is 1.21 bits per heavy atom. The highest BCUT2D eigenvalue weighted by Gasteiger charge is 2.30. The van der Waals surface area contributed by atoms with Crippen molar-refractivity contribution in [2.45, 2.75) is 6.18 Å². The first-order valence-electron chi connectivity index (χ1n) is 7.52. The Morgan fingerprint density at radius 3 is 2.61 bits per heavy atom. The summed E-state index contributed by atoms with van der Waals surface area (Å²) in [6.07, 6.45) is -2.55. The van der Waals surface area contributed by atoms with Crippen LogP contribution in [0.5, 0.6) is 0 Å². The number of nitrogens with zero attached hydrogens (tertiary/aromatic N) is 5. The van der Waals surface area contributed by atoms with Crippen molar-refractivity contribution in [1.29, 1.82) is 0 Å². The van der Waals surface area contributed by atoms with Crippen molar-refractivity contribution in [1.82, 2.24) is 29.8 Å². The number of aromatic nitrogens is 6. The molecular weight excluding hydrogens is 383 g/mol. The minimum Gasteiger partial charge on any atom is -0.412 e. The van der Waals surface area contributed by atoms with E-state index in [0.717, 1.165) is 22.7 Å². The van der Waals surface area contributed by atoms with Crippen LogP contribution in [-0.2, 0) is 6.18 Å². The van der Waals surface area contributed by atoms with Gasteiger partial charge in [0.2, 0.25) is 0 Å². The summed E-state index contributed by atoms with van der Waals surface area (Å²) >= 11 is 0. The van der Waals surface area contributed by atoms with Gasteiger partial charge in [-0.25, -0.2) is 9.50 Å². The van der Waals surface area contributed by atoms with E-state index in [1.807, 2.05) is 0 Å². The van der Waals surface area contributed by atoms with Crippen LogP contribution in [0.15, 0.2) is 39.8 Å². The van der Waals surface area contributed by atoms with Gasteiger partial charge in [-0.2, -0.15) is 13.2 Å². The van der Waals surface area contributed by atoms with Crippen LogP contribution in [0.4, 0.5) is 13.2 Å². The van der Waals surface area contributed by atoms with Crippen LogP contribution in [0.1, 0.15) is 16.2 Å². The molecule has 0 atom stereocenters. The molecule has 28 heavy (non-hydrogen) atoms. The molecule has 0 aliphatic carbocycles. The topological polar surface area (TPSA) is 145 Å². The second kappa shape index (κ2) is 6.00. The number of aromatic amines is 1. The molecule has 4 aromatic rings. The molecule has 142 valence electrons. The molecule has 10 nitrogen and oxygen atoms in total. The molecule has 0 unspecified atom stereocenters. The minimum absolute atomic E-state index is 0.0363. The molecule has 0 aromatic carbocycles. The molecule has 13 heteroatoms. The number of carbonyl (C=O) groups is 1. The van der Waals surface area contributed by atoms with Crippen LogP contribution in [0.3, 0.4) is 0 Å². The van der Waals surface area contributed by atoms with Crippen molar-refractivity contribution >= 4 is 11.6 Å². The van der Waals surface area contributed by atoms with Crippen LogP contribution in [-0.4, -0.2) is 35.7 Å². The average Bonchev–Trinajstić information content (AvgIpc) is 3.28. The van der Waals surface area contributed by atoms with E-state index in [1.54, 1.807) is 0 Å². The van der Waals surface area contributed by atoms with Gasteiger partial charge in [-0.15, -0.1) is 10.2 Å². The third-order valence-corrected chi connectivity index (χ3v) is 3.72. The Hall–Kier alpha value is -4.03. The first kappa shape index (κ1) is 17.4. The fraction of sp³-hybridized carbons (Fsp3) is 0.0667. The molecule has 0 bridgehead atoms. The summed E-state index contributed by atoms with van der Waals surface area (Å²) in [6, 6.07) is 3.04. The summed E-state index contributed by atoms with van der Waals surface area (Å²) in [5.41, 5.74) is 3.90. The summed E-state index contributed by atoms with van der Waals surface area (Å²) in [5.74, 6) is -1.49. The summed E-state index contributed by atoms with van der Waals surface area (Å²) in [4.78, 5) is 31.4. The van der Waals surface area contributed by atoms with Crippen LogP contribution in [0.25, 0.3) is 28.5 Å². The van der Waals surface area contributed by atoms with Gasteiger partial charge in [-0.05, 0) is 12.1 Å². The molecule has 0 saturated carbocycles. The molecule has 4 heterocycles. The smallest absolute Gasteiger partial charge is 0.412 e. The zero-order valence-corrected chi connectivity index (χ0v) is 13.6. The van der Waals surface area contributed by atoms with Gasteiger partial charge in [-0.3, -0.25) is 19.7 Å². The van der Waals surface area contributed by atoms with Crippen LogP contribution in [0, 0.1) is 0 Å². The van der Waals surface area contributed by atoms with Crippen molar-refractivity contribution in [2.75, 3.05) is 0 Å². The predicted octanol–water partition coefficient (Wildman–Crippen LogP) is 1.25. The van der Waals surface area contributed by atoms with E-state index in [-0.39, 0.29) is 28.5 Å². The Morgan fingerprint density at radius 2 is 2.00 bits per heavy atom. The number of primary amides is 1. The van der Waals surface area contributed by atoms with E-state index in [2.05, 4.69) is 25.3 Å². The summed E-state index contributed by atoms with van der Waals surface area (Å²) < 4.78 is 44.2. The number of H-pyrrole nitrogens is 1. The highest BCUT2D eigenvalue weighted by molar-refractivity contribution is 5.88. The number of nitrogens with two attached hydrogens (primary N) is 1. The first-order valence-corrected chi connectivity index (χ1v) is 7.52. The van der Waals surface area contributed by atoms with Crippen molar-refractivity contribution < 1.29 is 22.4 Å². The van der Waals surface area contributed by atoms with Crippen molar-refractivity contribution in [3.8, 4) is 22.8 Å². The zero-order valence-electron chi connectivity index (χ0n) is 13.6. The summed E-state index contributed by atoms with van der Waals surface area (Å²) in [6.45, 7) is 0. The van der Waals surface area contributed by atoms with Crippen molar-refractivity contribution in [3.05, 3.63) is 52.4 Å². The molecule has 0 radical (unpaired) electrons. The van der Waals surface area contributed by atoms with Crippen LogP contribution in [0.2, 0.25) is 0 Å². The molecular formula is C15H8F3N7O3. The molecule has 3 N–H and O–H groups in total. The maximum Gasteiger partial charge on any atom is 0.417 e. The molecule has 4 aromatic heterocycles. The van der Waals surface area contributed by atoms with Crippen LogP contribution < -0.4 is 11.3 Å². The lowest BCUT2D eigenvalue weighted by Crippen LogP contribution is -2.14. The van der Waals surface area contributed by atoms with Crippen LogP contribution >= 0.6 is 0 Å². The SMILES string of the molecule is NC(=O)c1nnc(-c2c[nH]n3c(=O)cc(-c4ccc(C(F)(F)F)cn4)nc23)o1. The lowest BCUT2D eigenvalue weighted by Gasteiger charge is -2.06. The predicted molar refractivity (Wildman–Crippen MR) is 85.9 cm³/mol. The number of alkyl halides is 3. The van der Waals surface area contributed by atoms with Gasteiger partial charge in [0.1, 0.15) is 5.56 Å². The fourth-order valence-corrected chi connectivity index (χ4v) is 2.41. The van der Waals surface area contributed by atoms with Gasteiger partial charge >= 0.3 is 18.0 Å². The lowest BCUT2D eigenvalue weighted by molar-refractivity contribution is -0.137. The Labute approximate surface area is 151 Å². The number of fused-ring (bicyclic) bond motifs is 1. The number of hydrogen-bond donors (Lipinski definition) is 2. The number of nitrogens with one attached hydrogen (secondary N) is 1. The maximum atomic E-state index is 12.7. The molecule has 0 aliphatic rings. The summed E-state index contributed by atoms with van der Waals surface area (Å²) in [7, 11) is 0. The Kier molecular flexibility index (Phi) is 3.73. The molecule has 0 spiro atoms.